The normalized spacial score (nSPS) is 10.9. The molecule has 100 valence electrons. The van der Waals surface area contributed by atoms with Crippen LogP contribution in [0.5, 0.6) is 0 Å². The Balaban J connectivity index is 2.50. The molecule has 5 nitrogen and oxygen atoms in total. The van der Waals surface area contributed by atoms with Gasteiger partial charge >= 0.3 is 0 Å². The van der Waals surface area contributed by atoms with Crippen LogP contribution >= 0.6 is 0 Å². The van der Waals surface area contributed by atoms with E-state index in [0.717, 1.165) is 5.56 Å². The van der Waals surface area contributed by atoms with E-state index in [2.05, 4.69) is 29.1 Å². The van der Waals surface area contributed by atoms with Gasteiger partial charge in [-0.25, -0.2) is 4.98 Å². The average molecular weight is 259 g/mol. The number of amides is 1. The van der Waals surface area contributed by atoms with Gasteiger partial charge in [0.15, 0.2) is 0 Å². The van der Waals surface area contributed by atoms with E-state index in [9.17, 15) is 9.59 Å². The average Bonchev–Trinajstić information content (AvgIpc) is 2.38. The largest absolute Gasteiger partial charge is 0.359 e. The standard InChI is InChI=1S/C14H17N3O2/c1-8(2)9-4-5-11-10(6-9)14(19)17-12(16-11)7-13(18)15-3/h4-6,8H,7H2,1-3H3,(H,15,18)(H,16,17,19). The van der Waals surface area contributed by atoms with Gasteiger partial charge in [-0.2, -0.15) is 0 Å². The number of H-pyrrole nitrogens is 1. The van der Waals surface area contributed by atoms with E-state index in [4.69, 9.17) is 0 Å². The van der Waals surface area contributed by atoms with Gasteiger partial charge in [0.05, 0.1) is 17.3 Å². The summed E-state index contributed by atoms with van der Waals surface area (Å²) in [6, 6.07) is 5.64. The van der Waals surface area contributed by atoms with Crippen LogP contribution in [0.25, 0.3) is 10.9 Å². The molecule has 19 heavy (non-hydrogen) atoms. The van der Waals surface area contributed by atoms with Crippen LogP contribution in [0.2, 0.25) is 0 Å². The molecule has 1 heterocycles. The first-order valence-corrected chi connectivity index (χ1v) is 6.24. The molecule has 0 aliphatic carbocycles. The van der Waals surface area contributed by atoms with Gasteiger partial charge in [-0.3, -0.25) is 9.59 Å². The lowest BCUT2D eigenvalue weighted by Crippen LogP contribution is -2.23. The third kappa shape index (κ3) is 2.81. The zero-order valence-electron chi connectivity index (χ0n) is 11.3. The molecule has 1 aromatic carbocycles. The van der Waals surface area contributed by atoms with Gasteiger partial charge in [0, 0.05) is 7.05 Å². The van der Waals surface area contributed by atoms with Crippen molar-refractivity contribution in [2.75, 3.05) is 7.05 Å². The van der Waals surface area contributed by atoms with E-state index >= 15 is 0 Å². The third-order valence-electron chi connectivity index (χ3n) is 3.05. The highest BCUT2D eigenvalue weighted by atomic mass is 16.1. The number of carbonyl (C=O) groups excluding carboxylic acids is 1. The first kappa shape index (κ1) is 13.3. The van der Waals surface area contributed by atoms with E-state index in [1.165, 1.54) is 0 Å². The van der Waals surface area contributed by atoms with Gasteiger partial charge in [-0.05, 0) is 23.6 Å². The fourth-order valence-electron chi connectivity index (χ4n) is 1.89. The number of fused-ring (bicyclic) bond motifs is 1. The maximum atomic E-state index is 12.0. The topological polar surface area (TPSA) is 74.8 Å². The maximum Gasteiger partial charge on any atom is 0.258 e. The Labute approximate surface area is 111 Å². The molecule has 0 aliphatic heterocycles. The number of nitrogens with zero attached hydrogens (tertiary/aromatic N) is 1. The summed E-state index contributed by atoms with van der Waals surface area (Å²) in [7, 11) is 1.55. The molecule has 5 heteroatoms. The van der Waals surface area contributed by atoms with Gasteiger partial charge in [-0.15, -0.1) is 0 Å². The maximum absolute atomic E-state index is 12.0. The quantitative estimate of drug-likeness (QED) is 0.873. The SMILES string of the molecule is CNC(=O)Cc1nc2ccc(C(C)C)cc2c(=O)[nH]1. The minimum atomic E-state index is -0.202. The van der Waals surface area contributed by atoms with Crippen molar-refractivity contribution in [2.45, 2.75) is 26.2 Å². The van der Waals surface area contributed by atoms with Crippen LogP contribution in [0.3, 0.4) is 0 Å². The Morgan fingerprint density at radius 3 is 2.79 bits per heavy atom. The number of aromatic nitrogens is 2. The van der Waals surface area contributed by atoms with Crippen LogP contribution in [-0.2, 0) is 11.2 Å². The van der Waals surface area contributed by atoms with Crippen LogP contribution in [-0.4, -0.2) is 22.9 Å². The summed E-state index contributed by atoms with van der Waals surface area (Å²) < 4.78 is 0. The predicted octanol–water partition coefficient (Wildman–Crippen LogP) is 1.33. The molecule has 0 aliphatic rings. The van der Waals surface area contributed by atoms with Gasteiger partial charge in [0.1, 0.15) is 5.82 Å². The Morgan fingerprint density at radius 2 is 2.16 bits per heavy atom. The number of nitrogens with one attached hydrogen (secondary N) is 2. The third-order valence-corrected chi connectivity index (χ3v) is 3.05. The first-order valence-electron chi connectivity index (χ1n) is 6.24. The van der Waals surface area contributed by atoms with E-state index in [1.807, 2.05) is 18.2 Å². The lowest BCUT2D eigenvalue weighted by molar-refractivity contribution is -0.120. The summed E-state index contributed by atoms with van der Waals surface area (Å²) in [6.45, 7) is 4.14. The number of rotatable bonds is 3. The summed E-state index contributed by atoms with van der Waals surface area (Å²) in [5, 5.41) is 3.07. The van der Waals surface area contributed by atoms with Gasteiger partial charge in [-0.1, -0.05) is 19.9 Å². The Kier molecular flexibility index (Phi) is 3.64. The van der Waals surface area contributed by atoms with E-state index in [-0.39, 0.29) is 17.9 Å². The minimum Gasteiger partial charge on any atom is -0.359 e. The zero-order chi connectivity index (χ0) is 14.0. The molecule has 0 fully saturated rings. The fraction of sp³-hybridized carbons (Fsp3) is 0.357. The zero-order valence-corrected chi connectivity index (χ0v) is 11.3. The van der Waals surface area contributed by atoms with Gasteiger partial charge in [0.25, 0.3) is 5.56 Å². The number of aromatic amines is 1. The highest BCUT2D eigenvalue weighted by Gasteiger charge is 2.09. The molecule has 2 rings (SSSR count). The molecule has 2 N–H and O–H groups in total. The summed E-state index contributed by atoms with van der Waals surface area (Å²) in [5.41, 5.74) is 1.51. The molecule has 0 atom stereocenters. The molecule has 0 saturated heterocycles. The molecular formula is C14H17N3O2. The molecule has 0 unspecified atom stereocenters. The fourth-order valence-corrected chi connectivity index (χ4v) is 1.89. The van der Waals surface area contributed by atoms with Crippen molar-refractivity contribution in [3.8, 4) is 0 Å². The highest BCUT2D eigenvalue weighted by molar-refractivity contribution is 5.80. The number of hydrogen-bond acceptors (Lipinski definition) is 3. The second-order valence-corrected chi connectivity index (χ2v) is 4.79. The first-order chi connectivity index (χ1) is 9.01. The smallest absolute Gasteiger partial charge is 0.258 e. The number of carbonyl (C=O) groups is 1. The monoisotopic (exact) mass is 259 g/mol. The minimum absolute atomic E-state index is 0.0770. The molecule has 2 aromatic rings. The number of likely N-dealkylation sites (N-methyl/N-ethyl adjacent to an activating group) is 1. The van der Waals surface area contributed by atoms with Crippen molar-refractivity contribution >= 4 is 16.8 Å². The number of hydrogen-bond donors (Lipinski definition) is 2. The van der Waals surface area contributed by atoms with Crippen LogP contribution < -0.4 is 10.9 Å². The van der Waals surface area contributed by atoms with Crippen molar-refractivity contribution in [1.82, 2.24) is 15.3 Å². The summed E-state index contributed by atoms with van der Waals surface area (Å²) in [4.78, 5) is 30.3. The molecule has 0 saturated carbocycles. The van der Waals surface area contributed by atoms with Crippen molar-refractivity contribution in [2.24, 2.45) is 0 Å². The van der Waals surface area contributed by atoms with Gasteiger partial charge < -0.3 is 10.3 Å². The second kappa shape index (κ2) is 5.22. The molecular weight excluding hydrogens is 242 g/mol. The Morgan fingerprint density at radius 1 is 1.42 bits per heavy atom. The number of benzene rings is 1. The summed E-state index contributed by atoms with van der Waals surface area (Å²) >= 11 is 0. The van der Waals surface area contributed by atoms with Crippen LogP contribution in [0.1, 0.15) is 31.2 Å². The molecule has 1 amide bonds. The molecule has 0 radical (unpaired) electrons. The van der Waals surface area contributed by atoms with E-state index in [0.29, 0.717) is 22.6 Å². The Hall–Kier alpha value is -2.17. The highest BCUT2D eigenvalue weighted by Crippen LogP contribution is 2.17. The van der Waals surface area contributed by atoms with E-state index < -0.39 is 0 Å². The summed E-state index contributed by atoms with van der Waals surface area (Å²) in [5.74, 6) is 0.560. The lowest BCUT2D eigenvalue weighted by atomic mass is 10.0. The van der Waals surface area contributed by atoms with Crippen LogP contribution in [0.4, 0.5) is 0 Å². The van der Waals surface area contributed by atoms with Crippen LogP contribution in [0.15, 0.2) is 23.0 Å². The Bertz CT molecular complexity index is 674. The van der Waals surface area contributed by atoms with Crippen molar-refractivity contribution in [3.63, 3.8) is 0 Å². The van der Waals surface area contributed by atoms with Crippen molar-refractivity contribution < 1.29 is 4.79 Å². The summed E-state index contributed by atoms with van der Waals surface area (Å²) in [6.07, 6.45) is 0.0770. The van der Waals surface area contributed by atoms with Gasteiger partial charge in [0.2, 0.25) is 5.91 Å². The van der Waals surface area contributed by atoms with Crippen molar-refractivity contribution in [1.29, 1.82) is 0 Å². The molecule has 0 bridgehead atoms. The second-order valence-electron chi connectivity index (χ2n) is 4.79. The van der Waals surface area contributed by atoms with Crippen LogP contribution in [0, 0.1) is 0 Å². The van der Waals surface area contributed by atoms with Crippen molar-refractivity contribution in [3.05, 3.63) is 39.9 Å². The van der Waals surface area contributed by atoms with E-state index in [1.54, 1.807) is 7.05 Å². The molecule has 0 spiro atoms. The molecule has 1 aromatic heterocycles. The lowest BCUT2D eigenvalue weighted by Gasteiger charge is -2.07. The predicted molar refractivity (Wildman–Crippen MR) is 74.2 cm³/mol.